The molecule has 1 fully saturated rings. The van der Waals surface area contributed by atoms with E-state index < -0.39 is 58.1 Å². The van der Waals surface area contributed by atoms with Gasteiger partial charge >= 0.3 is 0 Å². The van der Waals surface area contributed by atoms with Crippen LogP contribution in [0.1, 0.15) is 47.2 Å². The van der Waals surface area contributed by atoms with Gasteiger partial charge in [0.15, 0.2) is 11.4 Å². The predicted octanol–water partition coefficient (Wildman–Crippen LogP) is 1.89. The summed E-state index contributed by atoms with van der Waals surface area (Å²) in [5.74, 6) is -5.53. The molecule has 4 aliphatic rings. The average molecular weight is 514 g/mol. The van der Waals surface area contributed by atoms with E-state index in [1.54, 1.807) is 19.0 Å². The number of nitrogens with one attached hydrogen (secondary N) is 1. The van der Waals surface area contributed by atoms with Crippen molar-refractivity contribution in [1.29, 1.82) is 0 Å². The molecule has 0 aliphatic heterocycles. The Hall–Kier alpha value is -3.21. The first-order valence-corrected chi connectivity index (χ1v) is 12.5. The average Bonchev–Trinajstić information content (AvgIpc) is 2.77. The van der Waals surface area contributed by atoms with E-state index >= 15 is 4.39 Å². The third-order valence-corrected chi connectivity index (χ3v) is 8.61. The normalized spacial score (nSPS) is 29.7. The number of phenolic OH excluding ortho intramolecular Hbond substituents is 1. The number of allylic oxidation sites excluding steroid dienone is 1. The molecular formula is C27H32FN3O6. The van der Waals surface area contributed by atoms with E-state index in [0.717, 1.165) is 19.3 Å². The van der Waals surface area contributed by atoms with Gasteiger partial charge in [0.2, 0.25) is 0 Å². The van der Waals surface area contributed by atoms with E-state index in [-0.39, 0.29) is 53.0 Å². The Bertz CT molecular complexity index is 1300. The van der Waals surface area contributed by atoms with Crippen molar-refractivity contribution in [2.24, 2.45) is 17.6 Å². The molecule has 1 aromatic rings. The Labute approximate surface area is 213 Å². The maximum Gasteiger partial charge on any atom is 0.252 e. The van der Waals surface area contributed by atoms with Crippen molar-refractivity contribution in [3.63, 3.8) is 0 Å². The second-order valence-electron chi connectivity index (χ2n) is 10.8. The molecular weight excluding hydrogens is 481 g/mol. The van der Waals surface area contributed by atoms with Crippen LogP contribution in [0.2, 0.25) is 0 Å². The molecule has 0 radical (unpaired) electrons. The zero-order valence-corrected chi connectivity index (χ0v) is 20.8. The number of primary amides is 1. The summed E-state index contributed by atoms with van der Waals surface area (Å²) in [6.07, 6.45) is 3.21. The summed E-state index contributed by atoms with van der Waals surface area (Å²) in [7, 11) is 3.26. The number of fused-ring (bicyclic) bond motifs is 3. The molecule has 1 saturated carbocycles. The fourth-order valence-electron chi connectivity index (χ4n) is 6.51. The summed E-state index contributed by atoms with van der Waals surface area (Å²) < 4.78 is 15.7. The molecule has 0 unspecified atom stereocenters. The van der Waals surface area contributed by atoms with Gasteiger partial charge in [0.25, 0.3) is 5.91 Å². The molecule has 0 heterocycles. The quantitative estimate of drug-likeness (QED) is 0.349. The molecule has 4 aliphatic carbocycles. The standard InChI is InChI=1S/C27H32FN3O6/c1-11-18(26(29)36)24(34)22(31(2)3)16-8-12-7-15-20(23(33)19(12)25(35)27(11,16)37)17(32)9-13(21(15)28)10-30-14-5-4-6-14/h9,12,14,16,22,30,32,34-35,37H,1,4-8,10H2,2-3H3,(H2,29,36)/t12-,16-,22-,27-/m0/s1. The van der Waals surface area contributed by atoms with E-state index in [9.17, 15) is 30.0 Å². The van der Waals surface area contributed by atoms with Crippen LogP contribution in [-0.2, 0) is 17.8 Å². The molecule has 9 nitrogen and oxygen atoms in total. The molecule has 198 valence electrons. The molecule has 37 heavy (non-hydrogen) atoms. The second-order valence-corrected chi connectivity index (χ2v) is 10.8. The number of hydrogen-bond acceptors (Lipinski definition) is 8. The minimum Gasteiger partial charge on any atom is -0.510 e. The lowest BCUT2D eigenvalue weighted by Gasteiger charge is -2.52. The summed E-state index contributed by atoms with van der Waals surface area (Å²) in [5, 5.41) is 48.2. The van der Waals surface area contributed by atoms with Crippen LogP contribution < -0.4 is 11.1 Å². The summed E-state index contributed by atoms with van der Waals surface area (Å²) >= 11 is 0. The molecule has 1 amide bonds. The molecule has 0 saturated heterocycles. The van der Waals surface area contributed by atoms with Crippen LogP contribution in [0.15, 0.2) is 40.9 Å². The molecule has 7 N–H and O–H groups in total. The van der Waals surface area contributed by atoms with E-state index in [2.05, 4.69) is 11.9 Å². The number of benzene rings is 1. The van der Waals surface area contributed by atoms with E-state index in [1.807, 2.05) is 0 Å². The minimum atomic E-state index is -2.27. The Morgan fingerprint density at radius 2 is 1.97 bits per heavy atom. The first kappa shape index (κ1) is 25.4. The van der Waals surface area contributed by atoms with E-state index in [1.165, 1.54) is 6.07 Å². The first-order chi connectivity index (χ1) is 17.4. The fourth-order valence-corrected chi connectivity index (χ4v) is 6.51. The number of aliphatic hydroxyl groups excluding tert-OH is 2. The Kier molecular flexibility index (Phi) is 5.97. The van der Waals surface area contributed by atoms with E-state index in [0.29, 0.717) is 6.04 Å². The summed E-state index contributed by atoms with van der Waals surface area (Å²) in [5.41, 5.74) is 2.39. The van der Waals surface area contributed by atoms with Gasteiger partial charge in [-0.1, -0.05) is 13.0 Å². The Balaban J connectivity index is 1.62. The maximum atomic E-state index is 15.7. The lowest BCUT2D eigenvalue weighted by molar-refractivity contribution is -0.115. The number of carbonyl (C=O) groups is 2. The number of amides is 1. The van der Waals surface area contributed by atoms with Gasteiger partial charge in [0, 0.05) is 40.8 Å². The summed E-state index contributed by atoms with van der Waals surface area (Å²) in [6.45, 7) is 3.97. The third-order valence-electron chi connectivity index (χ3n) is 8.61. The van der Waals surface area contributed by atoms with Gasteiger partial charge in [-0.2, -0.15) is 0 Å². The molecule has 0 bridgehead atoms. The minimum absolute atomic E-state index is 0.00346. The number of halogens is 1. The van der Waals surface area contributed by atoms with Gasteiger partial charge in [-0.25, -0.2) is 4.39 Å². The van der Waals surface area contributed by atoms with Crippen LogP contribution in [0.3, 0.4) is 0 Å². The number of rotatable bonds is 5. The maximum absolute atomic E-state index is 15.7. The van der Waals surface area contributed by atoms with Crippen molar-refractivity contribution < 1.29 is 34.4 Å². The van der Waals surface area contributed by atoms with Gasteiger partial charge in [0.05, 0.1) is 17.2 Å². The van der Waals surface area contributed by atoms with Crippen molar-refractivity contribution in [3.8, 4) is 5.75 Å². The number of Topliss-reactive ketones (excluding diaryl/α,β-unsaturated/α-hetero) is 1. The number of aromatic hydroxyl groups is 1. The van der Waals surface area contributed by atoms with Gasteiger partial charge in [0.1, 0.15) is 23.1 Å². The summed E-state index contributed by atoms with van der Waals surface area (Å²) in [4.78, 5) is 27.4. The number of nitrogens with zero attached hydrogens (tertiary/aromatic N) is 1. The van der Waals surface area contributed by atoms with Gasteiger partial charge < -0.3 is 31.5 Å². The van der Waals surface area contributed by atoms with Gasteiger partial charge in [-0.05, 0) is 51.8 Å². The second kappa shape index (κ2) is 8.68. The molecule has 4 atom stereocenters. The zero-order valence-electron chi connectivity index (χ0n) is 20.8. The number of aliphatic hydroxyl groups is 3. The molecule has 5 rings (SSSR count). The first-order valence-electron chi connectivity index (χ1n) is 12.5. The number of hydrogen-bond donors (Lipinski definition) is 6. The van der Waals surface area contributed by atoms with Crippen LogP contribution in [0.4, 0.5) is 4.39 Å². The highest BCUT2D eigenvalue weighted by molar-refractivity contribution is 6.13. The van der Waals surface area contributed by atoms with E-state index in [4.69, 9.17) is 5.73 Å². The highest BCUT2D eigenvalue weighted by Gasteiger charge is 2.60. The predicted molar refractivity (Wildman–Crippen MR) is 132 cm³/mol. The van der Waals surface area contributed by atoms with Crippen molar-refractivity contribution >= 4 is 11.7 Å². The fraction of sp³-hybridized carbons (Fsp3) is 0.481. The topological polar surface area (TPSA) is 156 Å². The molecule has 1 aromatic carbocycles. The number of ketones is 1. The number of nitrogens with two attached hydrogens (primary N) is 1. The monoisotopic (exact) mass is 513 g/mol. The van der Waals surface area contributed by atoms with Crippen LogP contribution in [0, 0.1) is 17.7 Å². The number of carbonyl (C=O) groups excluding carboxylic acids is 2. The Morgan fingerprint density at radius 1 is 1.30 bits per heavy atom. The molecule has 10 heteroatoms. The lowest BCUT2D eigenvalue weighted by atomic mass is 9.57. The van der Waals surface area contributed by atoms with Crippen LogP contribution in [-0.4, -0.2) is 68.8 Å². The smallest absolute Gasteiger partial charge is 0.252 e. The highest BCUT2D eigenvalue weighted by Crippen LogP contribution is 2.55. The number of likely N-dealkylation sites (N-methyl/N-ethyl adjacent to an activating group) is 1. The van der Waals surface area contributed by atoms with Crippen LogP contribution in [0.5, 0.6) is 5.75 Å². The van der Waals surface area contributed by atoms with Gasteiger partial charge in [-0.3, -0.25) is 14.5 Å². The summed E-state index contributed by atoms with van der Waals surface area (Å²) in [6, 6.07) is 0.591. The number of phenols is 1. The third kappa shape index (κ3) is 3.53. The van der Waals surface area contributed by atoms with Crippen molar-refractivity contribution in [1.82, 2.24) is 10.2 Å². The largest absolute Gasteiger partial charge is 0.510 e. The highest BCUT2D eigenvalue weighted by atomic mass is 19.1. The SMILES string of the molecule is C=C1C(C(N)=O)=C(O)[C@@H](N(C)C)[C@@H]2C[C@@H]3Cc4c(F)c(CNC5CCC5)cc(O)c4C(=O)C3=C(O)[C@]12O. The van der Waals surface area contributed by atoms with Gasteiger partial charge in [-0.15, -0.1) is 0 Å². The van der Waals surface area contributed by atoms with Crippen molar-refractivity contribution in [3.05, 3.63) is 63.4 Å². The molecule has 0 spiro atoms. The zero-order chi connectivity index (χ0) is 27.0. The van der Waals surface area contributed by atoms with Crippen LogP contribution >= 0.6 is 0 Å². The lowest BCUT2D eigenvalue weighted by Crippen LogP contribution is -2.60. The Morgan fingerprint density at radius 3 is 2.54 bits per heavy atom. The van der Waals surface area contributed by atoms with Crippen molar-refractivity contribution in [2.75, 3.05) is 14.1 Å². The van der Waals surface area contributed by atoms with Crippen LogP contribution in [0.25, 0.3) is 0 Å². The molecule has 0 aromatic heterocycles. The van der Waals surface area contributed by atoms with Crippen molar-refractivity contribution in [2.45, 2.75) is 56.3 Å².